The van der Waals surface area contributed by atoms with Crippen LogP contribution in [-0.2, 0) is 6.54 Å². The minimum Gasteiger partial charge on any atom is -0.363 e. The minimum absolute atomic E-state index is 0.497. The molecule has 1 N–H and O–H groups in total. The van der Waals surface area contributed by atoms with Crippen molar-refractivity contribution in [1.82, 2.24) is 15.2 Å². The second kappa shape index (κ2) is 4.68. The van der Waals surface area contributed by atoms with Crippen LogP contribution >= 0.6 is 11.3 Å². The van der Waals surface area contributed by atoms with Crippen molar-refractivity contribution in [3.05, 3.63) is 33.9 Å². The molecule has 16 heavy (non-hydrogen) atoms. The molecule has 2 aromatic heterocycles. The Morgan fingerprint density at radius 2 is 2.44 bits per heavy atom. The van der Waals surface area contributed by atoms with Crippen molar-refractivity contribution in [2.45, 2.75) is 13.5 Å². The van der Waals surface area contributed by atoms with Gasteiger partial charge in [-0.05, 0) is 13.0 Å². The third kappa shape index (κ3) is 2.32. The molecule has 0 spiro atoms. The number of nitriles is 1. The van der Waals surface area contributed by atoms with E-state index < -0.39 is 0 Å². The minimum atomic E-state index is 0.497. The maximum atomic E-state index is 8.85. The number of nitrogens with zero attached hydrogens (tertiary/aromatic N) is 4. The highest BCUT2D eigenvalue weighted by Crippen LogP contribution is 2.14. The Balaban J connectivity index is 2.08. The maximum absolute atomic E-state index is 8.85. The molecular weight excluding hydrogens is 222 g/mol. The van der Waals surface area contributed by atoms with Gasteiger partial charge in [0.05, 0.1) is 23.3 Å². The Hall–Kier alpha value is -2.00. The van der Waals surface area contributed by atoms with Gasteiger partial charge in [-0.15, -0.1) is 16.4 Å². The molecule has 0 bridgehead atoms. The van der Waals surface area contributed by atoms with Gasteiger partial charge in [-0.25, -0.2) is 4.98 Å². The van der Waals surface area contributed by atoms with Crippen molar-refractivity contribution in [2.24, 2.45) is 0 Å². The summed E-state index contributed by atoms with van der Waals surface area (Å²) < 4.78 is 0. The highest BCUT2D eigenvalue weighted by atomic mass is 32.1. The third-order valence-corrected chi connectivity index (χ3v) is 2.85. The number of aryl methyl sites for hydroxylation is 1. The van der Waals surface area contributed by atoms with E-state index >= 15 is 0 Å². The monoisotopic (exact) mass is 231 g/mol. The van der Waals surface area contributed by atoms with E-state index in [1.165, 1.54) is 6.20 Å². The zero-order valence-corrected chi connectivity index (χ0v) is 9.45. The molecule has 0 aromatic carbocycles. The molecule has 2 rings (SSSR count). The van der Waals surface area contributed by atoms with Crippen molar-refractivity contribution in [1.29, 1.82) is 5.26 Å². The van der Waals surface area contributed by atoms with Crippen LogP contribution in [0, 0.1) is 18.3 Å². The lowest BCUT2D eigenvalue weighted by molar-refractivity contribution is 0.998. The summed E-state index contributed by atoms with van der Waals surface area (Å²) in [6, 6.07) is 3.69. The third-order valence-electron chi connectivity index (χ3n) is 1.94. The van der Waals surface area contributed by atoms with Gasteiger partial charge in [-0.1, -0.05) is 0 Å². The van der Waals surface area contributed by atoms with Crippen LogP contribution < -0.4 is 5.32 Å². The molecular formula is C10H9N5S. The van der Waals surface area contributed by atoms with E-state index in [4.69, 9.17) is 5.26 Å². The zero-order valence-electron chi connectivity index (χ0n) is 8.64. The van der Waals surface area contributed by atoms with Crippen LogP contribution in [0.2, 0.25) is 0 Å². The Morgan fingerprint density at radius 3 is 3.12 bits per heavy atom. The maximum Gasteiger partial charge on any atom is 0.166 e. The highest BCUT2D eigenvalue weighted by molar-refractivity contribution is 7.11. The smallest absolute Gasteiger partial charge is 0.166 e. The predicted molar refractivity (Wildman–Crippen MR) is 60.9 cm³/mol. The van der Waals surface area contributed by atoms with E-state index in [1.54, 1.807) is 17.4 Å². The van der Waals surface area contributed by atoms with Crippen molar-refractivity contribution in [3.63, 3.8) is 0 Å². The van der Waals surface area contributed by atoms with Gasteiger partial charge in [0.2, 0.25) is 0 Å². The van der Waals surface area contributed by atoms with Crippen molar-refractivity contribution < 1.29 is 0 Å². The van der Waals surface area contributed by atoms with Crippen molar-refractivity contribution in [2.75, 3.05) is 5.32 Å². The first-order valence-electron chi connectivity index (χ1n) is 4.66. The first kappa shape index (κ1) is 10.5. The summed E-state index contributed by atoms with van der Waals surface area (Å²) in [6.07, 6.45) is 3.32. The molecule has 0 amide bonds. The lowest BCUT2D eigenvalue weighted by atomic mass is 10.3. The summed E-state index contributed by atoms with van der Waals surface area (Å²) in [5, 5.41) is 20.6. The van der Waals surface area contributed by atoms with E-state index in [0.29, 0.717) is 17.9 Å². The number of rotatable bonds is 3. The number of aromatic nitrogens is 3. The second-order valence-electron chi connectivity index (χ2n) is 3.10. The summed E-state index contributed by atoms with van der Waals surface area (Å²) in [6.45, 7) is 2.57. The first-order chi connectivity index (χ1) is 7.79. The summed E-state index contributed by atoms with van der Waals surface area (Å²) in [5.41, 5.74) is 0.497. The van der Waals surface area contributed by atoms with Gasteiger partial charge in [-0.2, -0.15) is 10.4 Å². The molecule has 80 valence electrons. The van der Waals surface area contributed by atoms with Crippen molar-refractivity contribution >= 4 is 17.2 Å². The van der Waals surface area contributed by atoms with Crippen LogP contribution in [0.5, 0.6) is 0 Å². The van der Waals surface area contributed by atoms with E-state index in [2.05, 4.69) is 26.6 Å². The fourth-order valence-electron chi connectivity index (χ4n) is 1.21. The Morgan fingerprint density at radius 1 is 1.56 bits per heavy atom. The quantitative estimate of drug-likeness (QED) is 0.870. The molecule has 0 aliphatic heterocycles. The lowest BCUT2D eigenvalue weighted by Gasteiger charge is -2.03. The SMILES string of the molecule is Cc1ncc(CNc2nnccc2C#N)s1. The molecule has 0 fully saturated rings. The molecule has 2 aromatic rings. The molecule has 5 nitrogen and oxygen atoms in total. The highest BCUT2D eigenvalue weighted by Gasteiger charge is 2.03. The molecule has 0 radical (unpaired) electrons. The van der Waals surface area contributed by atoms with Gasteiger partial charge in [0.1, 0.15) is 6.07 Å². The molecule has 0 saturated carbocycles. The summed E-state index contributed by atoms with van der Waals surface area (Å²) in [7, 11) is 0. The van der Waals surface area contributed by atoms with Crippen LogP contribution in [0.4, 0.5) is 5.82 Å². The number of thiazole rings is 1. The predicted octanol–water partition coefficient (Wildman–Crippen LogP) is 1.73. The van der Waals surface area contributed by atoms with Crippen LogP contribution in [0.3, 0.4) is 0 Å². The van der Waals surface area contributed by atoms with Gasteiger partial charge in [0.15, 0.2) is 5.82 Å². The number of hydrogen-bond donors (Lipinski definition) is 1. The zero-order chi connectivity index (χ0) is 11.4. The average molecular weight is 231 g/mol. The molecule has 0 unspecified atom stereocenters. The standard InChI is InChI=1S/C10H9N5S/c1-7-12-5-9(16-7)6-13-10-8(4-11)2-3-14-15-10/h2-3,5H,6H2,1H3,(H,13,15). The van der Waals surface area contributed by atoms with Crippen LogP contribution in [0.1, 0.15) is 15.4 Å². The summed E-state index contributed by atoms with van der Waals surface area (Å²) >= 11 is 1.62. The number of hydrogen-bond acceptors (Lipinski definition) is 6. The van der Waals surface area contributed by atoms with Gasteiger partial charge in [0.25, 0.3) is 0 Å². The molecule has 6 heteroatoms. The fourth-order valence-corrected chi connectivity index (χ4v) is 1.95. The van der Waals surface area contributed by atoms with Gasteiger partial charge in [-0.3, -0.25) is 0 Å². The van der Waals surface area contributed by atoms with Gasteiger partial charge in [0, 0.05) is 11.1 Å². The first-order valence-corrected chi connectivity index (χ1v) is 5.48. The van der Waals surface area contributed by atoms with E-state index in [-0.39, 0.29) is 0 Å². The van der Waals surface area contributed by atoms with E-state index in [0.717, 1.165) is 9.88 Å². The molecule has 0 aliphatic rings. The second-order valence-corrected chi connectivity index (χ2v) is 4.42. The lowest BCUT2D eigenvalue weighted by Crippen LogP contribution is -2.03. The summed E-state index contributed by atoms with van der Waals surface area (Å²) in [5.74, 6) is 0.510. The van der Waals surface area contributed by atoms with Crippen molar-refractivity contribution in [3.8, 4) is 6.07 Å². The van der Waals surface area contributed by atoms with Crippen LogP contribution in [-0.4, -0.2) is 15.2 Å². The summed E-state index contributed by atoms with van der Waals surface area (Å²) in [4.78, 5) is 5.25. The van der Waals surface area contributed by atoms with E-state index in [1.807, 2.05) is 13.1 Å². The van der Waals surface area contributed by atoms with Crippen LogP contribution in [0.15, 0.2) is 18.5 Å². The normalized spacial score (nSPS) is 9.75. The molecule has 2 heterocycles. The largest absolute Gasteiger partial charge is 0.363 e. The number of nitrogens with one attached hydrogen (secondary N) is 1. The average Bonchev–Trinajstić information content (AvgIpc) is 2.73. The molecule has 0 atom stereocenters. The Bertz CT molecular complexity index is 528. The van der Waals surface area contributed by atoms with E-state index in [9.17, 15) is 0 Å². The Labute approximate surface area is 96.8 Å². The fraction of sp³-hybridized carbons (Fsp3) is 0.200. The Kier molecular flexibility index (Phi) is 3.08. The number of anilines is 1. The molecule has 0 saturated heterocycles. The van der Waals surface area contributed by atoms with Gasteiger partial charge >= 0.3 is 0 Å². The van der Waals surface area contributed by atoms with Crippen LogP contribution in [0.25, 0.3) is 0 Å². The molecule has 0 aliphatic carbocycles. The topological polar surface area (TPSA) is 74.5 Å². The van der Waals surface area contributed by atoms with Gasteiger partial charge < -0.3 is 5.32 Å².